The van der Waals surface area contributed by atoms with E-state index in [1.165, 1.54) is 6.08 Å². The first kappa shape index (κ1) is 16.1. The van der Waals surface area contributed by atoms with E-state index in [2.05, 4.69) is 37.2 Å². The lowest BCUT2D eigenvalue weighted by atomic mass is 10.2. The van der Waals surface area contributed by atoms with Crippen molar-refractivity contribution in [2.24, 2.45) is 0 Å². The van der Waals surface area contributed by atoms with E-state index in [-0.39, 0.29) is 11.7 Å². The number of anilines is 1. The molecule has 0 aromatic heterocycles. The molecule has 0 bridgehead atoms. The quantitative estimate of drug-likeness (QED) is 0.517. The Kier molecular flexibility index (Phi) is 5.45. The highest BCUT2D eigenvalue weighted by Gasteiger charge is 2.07. The van der Waals surface area contributed by atoms with E-state index in [0.717, 1.165) is 5.56 Å². The van der Waals surface area contributed by atoms with Crippen LogP contribution in [0.5, 0.6) is 5.75 Å². The molecule has 2 rings (SSSR count). The second kappa shape index (κ2) is 7.11. The summed E-state index contributed by atoms with van der Waals surface area (Å²) >= 11 is 12.2. The standard InChI is InChI=1S/C15H10Br2ClNO2/c16-12-7-11(8-13(17)15(12)21)19-14(20)6-3-9-1-4-10(18)5-2-9/h1-8,21H,(H,19,20). The Balaban J connectivity index is 2.06. The molecule has 0 fully saturated rings. The highest BCUT2D eigenvalue weighted by atomic mass is 79.9. The molecule has 0 aliphatic heterocycles. The number of rotatable bonds is 3. The van der Waals surface area contributed by atoms with Crippen LogP contribution in [0.2, 0.25) is 5.02 Å². The molecule has 0 saturated heterocycles. The van der Waals surface area contributed by atoms with E-state index in [0.29, 0.717) is 19.7 Å². The number of hydrogen-bond donors (Lipinski definition) is 2. The molecule has 21 heavy (non-hydrogen) atoms. The minimum Gasteiger partial charge on any atom is -0.506 e. The number of phenols is 1. The number of amides is 1. The van der Waals surface area contributed by atoms with Gasteiger partial charge in [-0.05, 0) is 67.8 Å². The van der Waals surface area contributed by atoms with Crippen LogP contribution in [0.3, 0.4) is 0 Å². The molecule has 0 heterocycles. The van der Waals surface area contributed by atoms with Gasteiger partial charge in [0.2, 0.25) is 5.91 Å². The highest BCUT2D eigenvalue weighted by molar-refractivity contribution is 9.11. The molecule has 0 saturated carbocycles. The summed E-state index contributed by atoms with van der Waals surface area (Å²) in [5.41, 5.74) is 1.44. The lowest BCUT2D eigenvalue weighted by molar-refractivity contribution is -0.111. The molecule has 2 aromatic carbocycles. The van der Waals surface area contributed by atoms with E-state index < -0.39 is 0 Å². The molecule has 0 spiro atoms. The van der Waals surface area contributed by atoms with Gasteiger partial charge in [0.25, 0.3) is 0 Å². The van der Waals surface area contributed by atoms with Crippen molar-refractivity contribution in [3.8, 4) is 5.75 Å². The molecule has 108 valence electrons. The lowest BCUT2D eigenvalue weighted by Gasteiger charge is -2.06. The van der Waals surface area contributed by atoms with Crippen molar-refractivity contribution in [3.63, 3.8) is 0 Å². The second-order valence-electron chi connectivity index (χ2n) is 4.16. The molecule has 3 nitrogen and oxygen atoms in total. The molecule has 0 unspecified atom stereocenters. The molecular weight excluding hydrogens is 421 g/mol. The Hall–Kier alpha value is -1.30. The van der Waals surface area contributed by atoms with Gasteiger partial charge in [0.1, 0.15) is 5.75 Å². The van der Waals surface area contributed by atoms with Crippen molar-refractivity contribution in [3.05, 3.63) is 62.0 Å². The van der Waals surface area contributed by atoms with E-state index in [1.807, 2.05) is 12.1 Å². The summed E-state index contributed by atoms with van der Waals surface area (Å²) in [6, 6.07) is 10.4. The van der Waals surface area contributed by atoms with Gasteiger partial charge in [-0.25, -0.2) is 0 Å². The van der Waals surface area contributed by atoms with E-state index in [4.69, 9.17) is 11.6 Å². The first-order valence-corrected chi connectivity index (χ1v) is 7.85. The molecular formula is C15H10Br2ClNO2. The number of carbonyl (C=O) groups excluding carboxylic acids is 1. The van der Waals surface area contributed by atoms with Crippen LogP contribution in [0.15, 0.2) is 51.4 Å². The minimum atomic E-state index is -0.269. The van der Waals surface area contributed by atoms with Crippen LogP contribution in [0.4, 0.5) is 5.69 Å². The van der Waals surface area contributed by atoms with Gasteiger partial charge in [-0.2, -0.15) is 0 Å². The number of aromatic hydroxyl groups is 1. The Morgan fingerprint density at radius 3 is 2.29 bits per heavy atom. The Bertz CT molecular complexity index is 676. The highest BCUT2D eigenvalue weighted by Crippen LogP contribution is 2.35. The smallest absolute Gasteiger partial charge is 0.248 e. The van der Waals surface area contributed by atoms with Gasteiger partial charge < -0.3 is 10.4 Å². The van der Waals surface area contributed by atoms with Crippen LogP contribution >= 0.6 is 43.5 Å². The van der Waals surface area contributed by atoms with Crippen LogP contribution in [-0.2, 0) is 4.79 Å². The number of benzene rings is 2. The van der Waals surface area contributed by atoms with Crippen molar-refractivity contribution >= 4 is 61.1 Å². The Morgan fingerprint density at radius 1 is 1.14 bits per heavy atom. The minimum absolute atomic E-state index is 0.0877. The van der Waals surface area contributed by atoms with Crippen molar-refractivity contribution in [1.29, 1.82) is 0 Å². The molecule has 6 heteroatoms. The number of phenolic OH excluding ortho intramolecular Hbond substituents is 1. The fourth-order valence-electron chi connectivity index (χ4n) is 1.57. The summed E-state index contributed by atoms with van der Waals surface area (Å²) in [6.45, 7) is 0. The zero-order chi connectivity index (χ0) is 15.4. The first-order chi connectivity index (χ1) is 9.95. The van der Waals surface area contributed by atoms with Crippen molar-refractivity contribution in [1.82, 2.24) is 0 Å². The molecule has 0 aliphatic rings. The van der Waals surface area contributed by atoms with Crippen LogP contribution in [-0.4, -0.2) is 11.0 Å². The van der Waals surface area contributed by atoms with Crippen LogP contribution in [0.1, 0.15) is 5.56 Å². The molecule has 2 N–H and O–H groups in total. The summed E-state index contributed by atoms with van der Waals surface area (Å²) in [5.74, 6) is -0.181. The molecule has 2 aromatic rings. The largest absolute Gasteiger partial charge is 0.506 e. The Labute approximate surface area is 143 Å². The second-order valence-corrected chi connectivity index (χ2v) is 6.31. The predicted molar refractivity (Wildman–Crippen MR) is 92.6 cm³/mol. The van der Waals surface area contributed by atoms with Crippen LogP contribution in [0, 0.1) is 0 Å². The number of nitrogens with one attached hydrogen (secondary N) is 1. The zero-order valence-electron chi connectivity index (χ0n) is 10.6. The van der Waals surface area contributed by atoms with E-state index in [1.54, 1.807) is 30.3 Å². The third-order valence-corrected chi connectivity index (χ3v) is 4.04. The molecule has 0 aliphatic carbocycles. The number of halogens is 3. The fourth-order valence-corrected chi connectivity index (χ4v) is 2.88. The maximum atomic E-state index is 11.8. The molecule has 0 radical (unpaired) electrons. The summed E-state index contributed by atoms with van der Waals surface area (Å²) in [7, 11) is 0. The van der Waals surface area contributed by atoms with Gasteiger partial charge in [-0.3, -0.25) is 4.79 Å². The maximum Gasteiger partial charge on any atom is 0.248 e. The topological polar surface area (TPSA) is 49.3 Å². The number of hydrogen-bond acceptors (Lipinski definition) is 2. The van der Waals surface area contributed by atoms with Gasteiger partial charge in [0.05, 0.1) is 8.95 Å². The summed E-state index contributed by atoms with van der Waals surface area (Å²) in [6.07, 6.45) is 3.12. The van der Waals surface area contributed by atoms with E-state index >= 15 is 0 Å². The first-order valence-electron chi connectivity index (χ1n) is 5.88. The summed E-state index contributed by atoms with van der Waals surface area (Å²) in [4.78, 5) is 11.8. The number of carbonyl (C=O) groups is 1. The average Bonchev–Trinajstić information content (AvgIpc) is 2.44. The lowest BCUT2D eigenvalue weighted by Crippen LogP contribution is -2.07. The SMILES string of the molecule is O=C(C=Cc1ccc(Cl)cc1)Nc1cc(Br)c(O)c(Br)c1. The Morgan fingerprint density at radius 2 is 1.71 bits per heavy atom. The van der Waals surface area contributed by atoms with Gasteiger partial charge >= 0.3 is 0 Å². The van der Waals surface area contributed by atoms with Crippen LogP contribution < -0.4 is 5.32 Å². The monoisotopic (exact) mass is 429 g/mol. The van der Waals surface area contributed by atoms with Gasteiger partial charge in [0, 0.05) is 16.8 Å². The van der Waals surface area contributed by atoms with Crippen molar-refractivity contribution < 1.29 is 9.90 Å². The third-order valence-electron chi connectivity index (χ3n) is 2.58. The van der Waals surface area contributed by atoms with E-state index in [9.17, 15) is 9.90 Å². The van der Waals surface area contributed by atoms with Crippen molar-refractivity contribution in [2.75, 3.05) is 5.32 Å². The van der Waals surface area contributed by atoms with Gasteiger partial charge in [0.15, 0.2) is 0 Å². The van der Waals surface area contributed by atoms with Gasteiger partial charge in [-0.1, -0.05) is 23.7 Å². The maximum absolute atomic E-state index is 11.8. The zero-order valence-corrected chi connectivity index (χ0v) is 14.5. The summed E-state index contributed by atoms with van der Waals surface area (Å²) < 4.78 is 0.989. The molecule has 1 amide bonds. The normalized spacial score (nSPS) is 10.8. The fraction of sp³-hybridized carbons (Fsp3) is 0. The average molecular weight is 432 g/mol. The summed E-state index contributed by atoms with van der Waals surface area (Å²) in [5, 5.41) is 13.0. The third kappa shape index (κ3) is 4.59. The van der Waals surface area contributed by atoms with Gasteiger partial charge in [-0.15, -0.1) is 0 Å². The molecule has 0 atom stereocenters. The van der Waals surface area contributed by atoms with Crippen LogP contribution in [0.25, 0.3) is 6.08 Å². The van der Waals surface area contributed by atoms with Crippen molar-refractivity contribution in [2.45, 2.75) is 0 Å². The predicted octanol–water partition coefficient (Wildman–Crippen LogP) is 5.22.